The summed E-state index contributed by atoms with van der Waals surface area (Å²) in [5.41, 5.74) is 6.68. The first-order chi connectivity index (χ1) is 28.4. The summed E-state index contributed by atoms with van der Waals surface area (Å²) in [6.45, 7) is 10.2. The molecule has 3 aromatic carbocycles. The van der Waals surface area contributed by atoms with Gasteiger partial charge in [0.15, 0.2) is 0 Å². The lowest BCUT2D eigenvalue weighted by Gasteiger charge is -2.37. The molecule has 1 aliphatic carbocycles. The summed E-state index contributed by atoms with van der Waals surface area (Å²) in [5, 5.41) is 7.50. The van der Waals surface area contributed by atoms with E-state index >= 15 is 0 Å². The van der Waals surface area contributed by atoms with E-state index in [1.54, 1.807) is 18.0 Å². The average Bonchev–Trinajstić information content (AvgIpc) is 4.11. The molecule has 2 aromatic heterocycles. The topological polar surface area (TPSA) is 175 Å². The van der Waals surface area contributed by atoms with Crippen LogP contribution < -0.4 is 10.6 Å². The third kappa shape index (κ3) is 7.54. The van der Waals surface area contributed by atoms with E-state index in [0.717, 1.165) is 75.1 Å². The number of methoxy groups -OCH3 is 2. The third-order valence-electron chi connectivity index (χ3n) is 12.2. The molecule has 2 saturated heterocycles. The second-order valence-electron chi connectivity index (χ2n) is 16.2. The highest BCUT2D eigenvalue weighted by Crippen LogP contribution is 2.50. The summed E-state index contributed by atoms with van der Waals surface area (Å²) in [6.07, 6.45) is 5.91. The summed E-state index contributed by atoms with van der Waals surface area (Å²) >= 11 is 0. The van der Waals surface area contributed by atoms with Gasteiger partial charge in [-0.2, -0.15) is 0 Å². The van der Waals surface area contributed by atoms with Gasteiger partial charge in [-0.25, -0.2) is 19.6 Å². The van der Waals surface area contributed by atoms with Crippen LogP contribution in [0.15, 0.2) is 85.2 Å². The number of nitrogens with one attached hydrogen (secondary N) is 4. The SMILES string of the molecule is C=C1CCN(C(=O)[C@H](C)NC(=O)OC)[C@@H]1c1ncc(-c2ccc(-c3ccc4cc(-c5cnc([C@@H]6[C@H]7CC[C@H](C7)N6C(=O)[C@@H](NC(=O)OC)C(C)C)[nH]5)ccc4c3)cc2)[nH]1. The fourth-order valence-corrected chi connectivity index (χ4v) is 9.08. The lowest BCUT2D eigenvalue weighted by Crippen LogP contribution is -2.54. The summed E-state index contributed by atoms with van der Waals surface area (Å²) in [6, 6.07) is 19.1. The van der Waals surface area contributed by atoms with Crippen molar-refractivity contribution in [3.63, 3.8) is 0 Å². The molecule has 4 N–H and O–H groups in total. The number of carbonyl (C=O) groups is 4. The van der Waals surface area contributed by atoms with Crippen LogP contribution in [0.3, 0.4) is 0 Å². The van der Waals surface area contributed by atoms with Gasteiger partial charge in [0.05, 0.1) is 44.0 Å². The van der Waals surface area contributed by atoms with Gasteiger partial charge in [0, 0.05) is 18.2 Å². The molecule has 14 heteroatoms. The van der Waals surface area contributed by atoms with Gasteiger partial charge >= 0.3 is 12.2 Å². The zero-order valence-corrected chi connectivity index (χ0v) is 34.0. The van der Waals surface area contributed by atoms with Crippen molar-refractivity contribution in [2.24, 2.45) is 11.8 Å². The molecule has 5 aromatic rings. The quantitative estimate of drug-likeness (QED) is 0.107. The Kier molecular flexibility index (Phi) is 10.7. The molecule has 3 fully saturated rings. The average molecular weight is 799 g/mol. The molecule has 4 amide bonds. The first kappa shape index (κ1) is 39.4. The van der Waals surface area contributed by atoms with Crippen molar-refractivity contribution in [1.29, 1.82) is 0 Å². The number of carbonyl (C=O) groups excluding carboxylic acids is 4. The molecule has 8 rings (SSSR count). The number of H-pyrrole nitrogens is 2. The van der Waals surface area contributed by atoms with Gasteiger partial charge in [0.1, 0.15) is 29.8 Å². The van der Waals surface area contributed by atoms with Crippen molar-refractivity contribution in [2.45, 2.75) is 76.7 Å². The maximum Gasteiger partial charge on any atom is 0.407 e. The molecule has 14 nitrogen and oxygen atoms in total. The van der Waals surface area contributed by atoms with Gasteiger partial charge in [-0.05, 0) is 89.6 Å². The van der Waals surface area contributed by atoms with Crippen LogP contribution >= 0.6 is 0 Å². The number of likely N-dealkylation sites (tertiary alicyclic amines) is 2. The molecule has 2 bridgehead atoms. The minimum Gasteiger partial charge on any atom is -0.453 e. The Bertz CT molecular complexity index is 2420. The van der Waals surface area contributed by atoms with E-state index in [1.807, 2.05) is 37.1 Å². The number of ether oxygens (including phenoxy) is 2. The number of nitrogens with zero attached hydrogens (tertiary/aromatic N) is 4. The number of piperidine rings is 1. The molecule has 4 heterocycles. The zero-order chi connectivity index (χ0) is 41.5. The van der Waals surface area contributed by atoms with E-state index < -0.39 is 30.3 Å². The van der Waals surface area contributed by atoms with Gasteiger partial charge < -0.3 is 39.9 Å². The standard InChI is InChI=1S/C45H50N8O6/c1-24(2)37(51-45(57)59-6)43(55)53-34-16-15-33(21-34)39(53)41-47-23-36(50-41)32-14-13-30-19-29(11-12-31(30)20-32)27-7-9-28(10-8-27)35-22-46-40(49-35)38-25(3)17-18-52(38)42(54)26(4)48-44(56)58-5/h7-14,19-20,22-24,26,33-34,37-39H,3,15-18,21H2,1-2,4-6H3,(H,46,49)(H,47,50)(H,48,56)(H,51,57)/t26-,33-,34+,37-,38-,39-/m0/s1. The summed E-state index contributed by atoms with van der Waals surface area (Å²) in [4.78, 5) is 71.1. The molecule has 0 spiro atoms. The number of rotatable bonds is 10. The second-order valence-corrected chi connectivity index (χ2v) is 16.2. The van der Waals surface area contributed by atoms with Crippen LogP contribution in [0.4, 0.5) is 9.59 Å². The van der Waals surface area contributed by atoms with Crippen LogP contribution in [-0.2, 0) is 19.1 Å². The van der Waals surface area contributed by atoms with Crippen LogP contribution in [0, 0.1) is 11.8 Å². The maximum atomic E-state index is 14.0. The molecule has 1 saturated carbocycles. The van der Waals surface area contributed by atoms with Crippen molar-refractivity contribution in [3.05, 3.63) is 96.9 Å². The van der Waals surface area contributed by atoms with Crippen LogP contribution in [-0.4, -0.2) is 92.6 Å². The summed E-state index contributed by atoms with van der Waals surface area (Å²) in [7, 11) is 2.57. The van der Waals surface area contributed by atoms with Crippen molar-refractivity contribution in [3.8, 4) is 33.6 Å². The van der Waals surface area contributed by atoms with Gasteiger partial charge in [0.2, 0.25) is 11.8 Å². The number of fused-ring (bicyclic) bond motifs is 3. The second kappa shape index (κ2) is 16.1. The number of aromatic amines is 2. The number of amides is 4. The van der Waals surface area contributed by atoms with Crippen LogP contribution in [0.1, 0.15) is 70.2 Å². The lowest BCUT2D eigenvalue weighted by molar-refractivity contribution is -0.139. The highest BCUT2D eigenvalue weighted by atomic mass is 16.5. The van der Waals surface area contributed by atoms with Crippen LogP contribution in [0.2, 0.25) is 0 Å². The predicted molar refractivity (Wildman–Crippen MR) is 223 cm³/mol. The van der Waals surface area contributed by atoms with E-state index in [9.17, 15) is 19.2 Å². The normalized spacial score (nSPS) is 20.9. The van der Waals surface area contributed by atoms with E-state index in [-0.39, 0.29) is 29.8 Å². The zero-order valence-electron chi connectivity index (χ0n) is 34.0. The number of benzene rings is 3. The predicted octanol–water partition coefficient (Wildman–Crippen LogP) is 7.29. The molecule has 3 aliphatic rings. The highest BCUT2D eigenvalue weighted by molar-refractivity contribution is 5.91. The Morgan fingerprint density at radius 1 is 0.763 bits per heavy atom. The molecule has 306 valence electrons. The summed E-state index contributed by atoms with van der Waals surface area (Å²) in [5.74, 6) is 1.27. The number of alkyl carbamates (subject to hydrolysis) is 2. The molecule has 0 unspecified atom stereocenters. The largest absolute Gasteiger partial charge is 0.453 e. The Labute approximate surface area is 342 Å². The van der Waals surface area contributed by atoms with Crippen molar-refractivity contribution in [2.75, 3.05) is 20.8 Å². The van der Waals surface area contributed by atoms with Gasteiger partial charge in [-0.15, -0.1) is 0 Å². The number of hydrogen-bond donors (Lipinski definition) is 4. The minimum atomic E-state index is -0.758. The monoisotopic (exact) mass is 798 g/mol. The maximum absolute atomic E-state index is 14.0. The molecular weight excluding hydrogens is 749 g/mol. The Hall–Kier alpha value is -6.44. The van der Waals surface area contributed by atoms with Crippen molar-refractivity contribution >= 4 is 34.8 Å². The Balaban J connectivity index is 0.963. The first-order valence-electron chi connectivity index (χ1n) is 20.2. The number of aromatic nitrogens is 4. The highest BCUT2D eigenvalue weighted by Gasteiger charge is 2.51. The van der Waals surface area contributed by atoms with E-state index in [4.69, 9.17) is 9.72 Å². The Morgan fingerprint density at radius 3 is 2.05 bits per heavy atom. The fourth-order valence-electron chi connectivity index (χ4n) is 9.08. The van der Waals surface area contributed by atoms with Crippen molar-refractivity contribution < 1.29 is 28.7 Å². The third-order valence-corrected chi connectivity index (χ3v) is 12.2. The first-order valence-corrected chi connectivity index (χ1v) is 20.2. The van der Waals surface area contributed by atoms with Gasteiger partial charge in [0.25, 0.3) is 0 Å². The van der Waals surface area contributed by atoms with Gasteiger partial charge in [-0.1, -0.05) is 69.0 Å². The van der Waals surface area contributed by atoms with Crippen molar-refractivity contribution in [1.82, 2.24) is 40.4 Å². The van der Waals surface area contributed by atoms with E-state index in [1.165, 1.54) is 14.2 Å². The van der Waals surface area contributed by atoms with Crippen LogP contribution in [0.25, 0.3) is 44.4 Å². The molecule has 6 atom stereocenters. The van der Waals surface area contributed by atoms with Gasteiger partial charge in [-0.3, -0.25) is 9.59 Å². The van der Waals surface area contributed by atoms with Crippen LogP contribution in [0.5, 0.6) is 0 Å². The van der Waals surface area contributed by atoms with E-state index in [0.29, 0.717) is 24.7 Å². The molecule has 59 heavy (non-hydrogen) atoms. The molecular formula is C45H50N8O6. The molecule has 0 radical (unpaired) electrons. The smallest absolute Gasteiger partial charge is 0.407 e. The lowest BCUT2D eigenvalue weighted by atomic mass is 9.95. The Morgan fingerprint density at radius 2 is 1.36 bits per heavy atom. The van der Waals surface area contributed by atoms with E-state index in [2.05, 4.69) is 85.4 Å². The molecule has 2 aliphatic heterocycles. The minimum absolute atomic E-state index is 0.0949. The number of hydrogen-bond acceptors (Lipinski definition) is 8. The summed E-state index contributed by atoms with van der Waals surface area (Å²) < 4.78 is 9.49. The fraction of sp³-hybridized carbons (Fsp3) is 0.378. The number of imidazole rings is 2.